The standard InChI is InChI=1S/C19H21ClN2O3S/c1-12(2)13(3)22-17(23)11-25-19(24)14-7-6-10-21-18(14)26-16-9-5-4-8-15(16)20/h4-10,12-13H,11H2,1-3H3,(H,22,23)/t13-/m1/s1. The van der Waals surface area contributed by atoms with Crippen molar-refractivity contribution in [3.63, 3.8) is 0 Å². The first-order valence-electron chi connectivity index (χ1n) is 8.22. The molecule has 0 fully saturated rings. The molecule has 26 heavy (non-hydrogen) atoms. The van der Waals surface area contributed by atoms with Gasteiger partial charge in [-0.25, -0.2) is 9.78 Å². The molecule has 1 amide bonds. The quantitative estimate of drug-likeness (QED) is 0.715. The molecule has 2 rings (SSSR count). The fourth-order valence-electron chi connectivity index (χ4n) is 1.93. The Kier molecular flexibility index (Phi) is 7.48. The average Bonchev–Trinajstić information content (AvgIpc) is 2.62. The van der Waals surface area contributed by atoms with E-state index in [0.717, 1.165) is 4.90 Å². The normalized spacial score (nSPS) is 11.9. The van der Waals surface area contributed by atoms with Crippen LogP contribution in [0.1, 0.15) is 31.1 Å². The maximum absolute atomic E-state index is 12.4. The van der Waals surface area contributed by atoms with Crippen molar-refractivity contribution in [2.24, 2.45) is 5.92 Å². The Labute approximate surface area is 162 Å². The second-order valence-corrected chi connectivity index (χ2v) is 7.50. The summed E-state index contributed by atoms with van der Waals surface area (Å²) in [5, 5.41) is 3.84. The maximum Gasteiger partial charge on any atom is 0.341 e. The highest BCUT2D eigenvalue weighted by molar-refractivity contribution is 7.99. The average molecular weight is 393 g/mol. The van der Waals surface area contributed by atoms with Gasteiger partial charge in [0.05, 0.1) is 10.6 Å². The summed E-state index contributed by atoms with van der Waals surface area (Å²) in [6, 6.07) is 10.6. The van der Waals surface area contributed by atoms with Crippen LogP contribution in [0.3, 0.4) is 0 Å². The molecular weight excluding hydrogens is 372 g/mol. The van der Waals surface area contributed by atoms with Gasteiger partial charge in [-0.1, -0.05) is 49.3 Å². The Hall–Kier alpha value is -2.05. The van der Waals surface area contributed by atoms with E-state index in [9.17, 15) is 9.59 Å². The fraction of sp³-hybridized carbons (Fsp3) is 0.316. The number of carbonyl (C=O) groups is 2. The van der Waals surface area contributed by atoms with Crippen LogP contribution in [0.5, 0.6) is 0 Å². The van der Waals surface area contributed by atoms with E-state index in [1.807, 2.05) is 39.0 Å². The lowest BCUT2D eigenvalue weighted by atomic mass is 10.1. The molecule has 0 aliphatic carbocycles. The SMILES string of the molecule is CC(C)[C@@H](C)NC(=O)COC(=O)c1cccnc1Sc1ccccc1Cl. The number of benzene rings is 1. The summed E-state index contributed by atoms with van der Waals surface area (Å²) in [5.74, 6) is -0.629. The molecule has 0 aliphatic rings. The minimum atomic E-state index is -0.597. The smallest absolute Gasteiger partial charge is 0.341 e. The molecule has 138 valence electrons. The van der Waals surface area contributed by atoms with Crippen LogP contribution >= 0.6 is 23.4 Å². The van der Waals surface area contributed by atoms with Crippen LogP contribution in [0.15, 0.2) is 52.5 Å². The van der Waals surface area contributed by atoms with Crippen LogP contribution < -0.4 is 5.32 Å². The summed E-state index contributed by atoms with van der Waals surface area (Å²) in [5.41, 5.74) is 0.294. The van der Waals surface area contributed by atoms with E-state index in [1.54, 1.807) is 24.4 Å². The summed E-state index contributed by atoms with van der Waals surface area (Å²) in [6.45, 7) is 5.58. The highest BCUT2D eigenvalue weighted by Gasteiger charge is 2.18. The number of ether oxygens (including phenoxy) is 1. The molecular formula is C19H21ClN2O3S. The van der Waals surface area contributed by atoms with E-state index in [2.05, 4.69) is 10.3 Å². The number of nitrogens with zero attached hydrogens (tertiary/aromatic N) is 1. The minimum Gasteiger partial charge on any atom is -0.452 e. The predicted octanol–water partition coefficient (Wildman–Crippen LogP) is 4.20. The van der Waals surface area contributed by atoms with Gasteiger partial charge in [0.1, 0.15) is 5.03 Å². The number of aromatic nitrogens is 1. The fourth-order valence-corrected chi connectivity index (χ4v) is 3.08. The highest BCUT2D eigenvalue weighted by Crippen LogP contribution is 2.33. The Morgan fingerprint density at radius 1 is 1.19 bits per heavy atom. The Balaban J connectivity index is 2.03. The van der Waals surface area contributed by atoms with Crippen LogP contribution in [-0.4, -0.2) is 29.5 Å². The number of rotatable bonds is 7. The van der Waals surface area contributed by atoms with Crippen LogP contribution in [0.4, 0.5) is 0 Å². The van der Waals surface area contributed by atoms with Crippen molar-refractivity contribution >= 4 is 35.2 Å². The molecule has 1 atom stereocenters. The number of halogens is 1. The van der Waals surface area contributed by atoms with Crippen molar-refractivity contribution in [1.82, 2.24) is 10.3 Å². The second kappa shape index (κ2) is 9.59. The lowest BCUT2D eigenvalue weighted by molar-refractivity contribution is -0.125. The van der Waals surface area contributed by atoms with Crippen LogP contribution in [0.2, 0.25) is 5.02 Å². The molecule has 0 saturated heterocycles. The monoisotopic (exact) mass is 392 g/mol. The van der Waals surface area contributed by atoms with Crippen molar-refractivity contribution in [2.75, 3.05) is 6.61 Å². The molecule has 1 heterocycles. The van der Waals surface area contributed by atoms with Crippen molar-refractivity contribution in [3.8, 4) is 0 Å². The van der Waals surface area contributed by atoms with Crippen LogP contribution in [0.25, 0.3) is 0 Å². The number of hydrogen-bond acceptors (Lipinski definition) is 5. The second-order valence-electron chi connectivity index (χ2n) is 6.06. The van der Waals surface area contributed by atoms with Gasteiger partial charge in [-0.05, 0) is 37.1 Å². The summed E-state index contributed by atoms with van der Waals surface area (Å²) in [4.78, 5) is 29.3. The largest absolute Gasteiger partial charge is 0.452 e. The van der Waals surface area contributed by atoms with Gasteiger partial charge >= 0.3 is 5.97 Å². The molecule has 0 radical (unpaired) electrons. The molecule has 1 aromatic heterocycles. The minimum absolute atomic E-state index is 0.00549. The van der Waals surface area contributed by atoms with Gasteiger partial charge in [-0.3, -0.25) is 4.79 Å². The van der Waals surface area contributed by atoms with Crippen LogP contribution in [-0.2, 0) is 9.53 Å². The van der Waals surface area contributed by atoms with Gasteiger partial charge < -0.3 is 10.1 Å². The molecule has 0 bridgehead atoms. The Morgan fingerprint density at radius 2 is 1.92 bits per heavy atom. The number of carbonyl (C=O) groups excluding carboxylic acids is 2. The third kappa shape index (κ3) is 5.75. The zero-order chi connectivity index (χ0) is 19.1. The molecule has 5 nitrogen and oxygen atoms in total. The zero-order valence-electron chi connectivity index (χ0n) is 14.9. The van der Waals surface area contributed by atoms with Gasteiger partial charge in [0.2, 0.25) is 0 Å². The van der Waals surface area contributed by atoms with Gasteiger partial charge in [0.25, 0.3) is 5.91 Å². The van der Waals surface area contributed by atoms with E-state index in [0.29, 0.717) is 21.5 Å². The summed E-state index contributed by atoms with van der Waals surface area (Å²) in [7, 11) is 0. The third-order valence-electron chi connectivity index (χ3n) is 3.76. The molecule has 0 saturated carbocycles. The molecule has 0 unspecified atom stereocenters. The van der Waals surface area contributed by atoms with Crippen LogP contribution in [0, 0.1) is 5.92 Å². The third-order valence-corrected chi connectivity index (χ3v) is 5.29. The van der Waals surface area contributed by atoms with E-state index >= 15 is 0 Å². The zero-order valence-corrected chi connectivity index (χ0v) is 16.4. The van der Waals surface area contributed by atoms with Gasteiger partial charge in [-0.15, -0.1) is 0 Å². The van der Waals surface area contributed by atoms with E-state index in [1.165, 1.54) is 11.8 Å². The van der Waals surface area contributed by atoms with Gasteiger partial charge in [0.15, 0.2) is 6.61 Å². The number of nitrogens with one attached hydrogen (secondary N) is 1. The van der Waals surface area contributed by atoms with E-state index in [4.69, 9.17) is 16.3 Å². The number of pyridine rings is 1. The molecule has 2 aromatic rings. The number of esters is 1. The van der Waals surface area contributed by atoms with E-state index < -0.39 is 5.97 Å². The van der Waals surface area contributed by atoms with Crippen molar-refractivity contribution in [2.45, 2.75) is 36.7 Å². The number of hydrogen-bond donors (Lipinski definition) is 1. The molecule has 1 N–H and O–H groups in total. The van der Waals surface area contributed by atoms with Gasteiger partial charge in [-0.2, -0.15) is 0 Å². The summed E-state index contributed by atoms with van der Waals surface area (Å²) < 4.78 is 5.14. The van der Waals surface area contributed by atoms with Gasteiger partial charge in [0, 0.05) is 17.1 Å². The Morgan fingerprint density at radius 3 is 2.62 bits per heavy atom. The first kappa shape index (κ1) is 20.3. The first-order chi connectivity index (χ1) is 12.4. The molecule has 0 aliphatic heterocycles. The first-order valence-corrected chi connectivity index (χ1v) is 9.41. The Bertz CT molecular complexity index is 783. The van der Waals surface area contributed by atoms with Crippen molar-refractivity contribution in [1.29, 1.82) is 0 Å². The maximum atomic E-state index is 12.4. The van der Waals surface area contributed by atoms with E-state index in [-0.39, 0.29) is 18.6 Å². The topological polar surface area (TPSA) is 68.3 Å². The van der Waals surface area contributed by atoms with Crippen molar-refractivity contribution in [3.05, 3.63) is 53.2 Å². The number of amides is 1. The summed E-state index contributed by atoms with van der Waals surface area (Å²) in [6.07, 6.45) is 1.59. The van der Waals surface area contributed by atoms with Crippen molar-refractivity contribution < 1.29 is 14.3 Å². The summed E-state index contributed by atoms with van der Waals surface area (Å²) >= 11 is 7.44. The molecule has 1 aromatic carbocycles. The molecule has 7 heteroatoms. The highest BCUT2D eigenvalue weighted by atomic mass is 35.5. The predicted molar refractivity (Wildman–Crippen MR) is 103 cm³/mol. The lowest BCUT2D eigenvalue weighted by Gasteiger charge is -2.17. The lowest BCUT2D eigenvalue weighted by Crippen LogP contribution is -2.38. The molecule has 0 spiro atoms.